The van der Waals surface area contributed by atoms with Crippen LogP contribution in [0.2, 0.25) is 0 Å². The number of aliphatic imine (C=N–C) groups is 2. The fourth-order valence-electron chi connectivity index (χ4n) is 7.38. The third kappa shape index (κ3) is 3.44. The van der Waals surface area contributed by atoms with Crippen LogP contribution in [0.3, 0.4) is 0 Å². The Morgan fingerprint density at radius 2 is 0.740 bits per heavy atom. The number of amidine groups is 2. The number of rotatable bonds is 0. The molecular formula is C36H12BF7N6. The third-order valence-corrected chi connectivity index (χ3v) is 9.68. The van der Waals surface area contributed by atoms with Gasteiger partial charge in [-0.05, 0) is 105 Å². The summed E-state index contributed by atoms with van der Waals surface area (Å²) in [5.74, 6) is -6.02. The Kier molecular flexibility index (Phi) is 4.99. The van der Waals surface area contributed by atoms with Crippen LogP contribution in [0.4, 0.5) is 42.3 Å². The molecule has 0 aliphatic carbocycles. The van der Waals surface area contributed by atoms with Crippen molar-refractivity contribution in [2.24, 2.45) is 20.0 Å². The molecule has 4 bridgehead atoms. The first kappa shape index (κ1) is 27.6. The second-order valence-corrected chi connectivity index (χ2v) is 12.5. The van der Waals surface area contributed by atoms with Gasteiger partial charge in [0.05, 0.1) is 0 Å². The van der Waals surface area contributed by atoms with Gasteiger partial charge in [-0.1, -0.05) is 0 Å². The molecule has 0 spiro atoms. The van der Waals surface area contributed by atoms with Crippen molar-refractivity contribution in [2.75, 3.05) is 0 Å². The molecule has 0 fully saturated rings. The van der Waals surface area contributed by atoms with Crippen molar-refractivity contribution >= 4 is 84.4 Å². The minimum atomic E-state index is -2.02. The van der Waals surface area contributed by atoms with E-state index in [2.05, 4.69) is 0 Å². The molecule has 0 saturated carbocycles. The number of benzene rings is 6. The van der Waals surface area contributed by atoms with E-state index in [0.29, 0.717) is 65.0 Å². The molecule has 0 N–H and O–H groups in total. The minimum Gasteiger partial charge on any atom is -0.303 e. The molecule has 0 atom stereocenters. The van der Waals surface area contributed by atoms with Gasteiger partial charge in [-0.2, -0.15) is 0 Å². The summed E-state index contributed by atoms with van der Waals surface area (Å²) in [4.78, 5) is 19.2. The summed E-state index contributed by atoms with van der Waals surface area (Å²) in [5, 5.41) is 3.46. The molecule has 0 amide bonds. The lowest BCUT2D eigenvalue weighted by Gasteiger charge is -2.16. The fraction of sp³-hybridized carbons (Fsp3) is 0. The topological polar surface area (TPSA) is 59.3 Å². The Morgan fingerprint density at radius 1 is 0.380 bits per heavy atom. The Bertz CT molecular complexity index is 3200. The average molecular weight is 672 g/mol. The van der Waals surface area contributed by atoms with Crippen LogP contribution in [-0.2, 0) is 0 Å². The van der Waals surface area contributed by atoms with E-state index in [0.717, 1.165) is 36.4 Å². The highest BCUT2D eigenvalue weighted by Gasteiger charge is 2.38. The third-order valence-electron chi connectivity index (χ3n) is 9.68. The number of halogens is 7. The van der Waals surface area contributed by atoms with Crippen LogP contribution in [0, 0.1) is 34.9 Å². The molecule has 6 nitrogen and oxygen atoms in total. The summed E-state index contributed by atoms with van der Waals surface area (Å²) in [6, 6.07) is 15.7. The molecule has 3 aliphatic heterocycles. The van der Waals surface area contributed by atoms with Gasteiger partial charge in [0.15, 0.2) is 46.6 Å². The predicted octanol–water partition coefficient (Wildman–Crippen LogP) is 7.98. The summed E-state index contributed by atoms with van der Waals surface area (Å²) in [7, 11) is -2.02. The van der Waals surface area contributed by atoms with Gasteiger partial charge in [0.25, 0.3) is 0 Å². The number of fused-ring (bicyclic) bond motifs is 13. The van der Waals surface area contributed by atoms with E-state index in [-0.39, 0.29) is 34.3 Å². The van der Waals surface area contributed by atoms with Gasteiger partial charge < -0.3 is 8.96 Å². The molecule has 0 saturated heterocycles. The van der Waals surface area contributed by atoms with Crippen LogP contribution < -0.4 is 11.0 Å². The summed E-state index contributed by atoms with van der Waals surface area (Å²) in [6.07, 6.45) is 0. The van der Waals surface area contributed by atoms with E-state index < -0.39 is 42.2 Å². The SMILES string of the molecule is FB1n2c3c4cc5cc(F)c(F)cc5cc4c2N=c2c4cc5cc(F)c(F)cc5cc4c(n21)=NC1=NC(=N3)c2cc3cc(F)c(F)cc3cc21. The first-order chi connectivity index (χ1) is 24.1. The van der Waals surface area contributed by atoms with Gasteiger partial charge in [-0.25, -0.2) is 46.3 Å². The van der Waals surface area contributed by atoms with E-state index in [1.54, 1.807) is 36.4 Å². The summed E-state index contributed by atoms with van der Waals surface area (Å²) in [5.41, 5.74) is 0.969. The second-order valence-electron chi connectivity index (χ2n) is 12.5. The predicted molar refractivity (Wildman–Crippen MR) is 175 cm³/mol. The van der Waals surface area contributed by atoms with E-state index in [1.165, 1.54) is 8.96 Å². The van der Waals surface area contributed by atoms with Gasteiger partial charge in [0.2, 0.25) is 0 Å². The van der Waals surface area contributed by atoms with Crippen LogP contribution in [0.5, 0.6) is 0 Å². The Labute approximate surface area is 273 Å². The number of hydrogen-bond acceptors (Lipinski definition) is 4. The molecule has 0 unspecified atom stereocenters. The van der Waals surface area contributed by atoms with Crippen molar-refractivity contribution in [3.63, 3.8) is 0 Å². The molecule has 3 aliphatic rings. The maximum atomic E-state index is 17.3. The molecule has 50 heavy (non-hydrogen) atoms. The second kappa shape index (κ2) is 9.02. The number of nitrogens with zero attached hydrogens (tertiary/aromatic N) is 6. The van der Waals surface area contributed by atoms with Crippen LogP contribution >= 0.6 is 0 Å². The molecular weight excluding hydrogens is 660 g/mol. The van der Waals surface area contributed by atoms with E-state index in [9.17, 15) is 26.3 Å². The quantitative estimate of drug-likeness (QED) is 0.116. The molecule has 0 radical (unpaired) electrons. The lowest BCUT2D eigenvalue weighted by atomic mass is 10.0. The smallest absolute Gasteiger partial charge is 0.303 e. The highest BCUT2D eigenvalue weighted by atomic mass is 19.2. The van der Waals surface area contributed by atoms with Crippen molar-refractivity contribution in [3.05, 3.63) is 130 Å². The molecule has 5 heterocycles. The zero-order valence-corrected chi connectivity index (χ0v) is 24.8. The van der Waals surface area contributed by atoms with Gasteiger partial charge in [-0.3, -0.25) is 4.32 Å². The average Bonchev–Trinajstić information content (AvgIpc) is 3.67. The Morgan fingerprint density at radius 3 is 1.20 bits per heavy atom. The molecule has 2 aromatic heterocycles. The molecule has 6 aromatic carbocycles. The van der Waals surface area contributed by atoms with E-state index >= 15 is 4.32 Å². The Hall–Kier alpha value is -6.31. The molecule has 11 rings (SSSR count). The van der Waals surface area contributed by atoms with Gasteiger partial charge in [-0.15, -0.1) is 0 Å². The van der Waals surface area contributed by atoms with Crippen LogP contribution in [0.25, 0.3) is 53.9 Å². The normalized spacial score (nSPS) is 14.4. The van der Waals surface area contributed by atoms with E-state index in [4.69, 9.17) is 20.0 Å². The highest BCUT2D eigenvalue weighted by molar-refractivity contribution is 6.51. The first-order valence-corrected chi connectivity index (χ1v) is 15.2. The molecule has 238 valence electrons. The number of aromatic nitrogens is 2. The van der Waals surface area contributed by atoms with E-state index in [1.807, 2.05) is 0 Å². The van der Waals surface area contributed by atoms with Crippen molar-refractivity contribution in [1.82, 2.24) is 8.96 Å². The monoisotopic (exact) mass is 672 g/mol. The Balaban J connectivity index is 1.35. The largest absolute Gasteiger partial charge is 0.601 e. The molecule has 14 heteroatoms. The van der Waals surface area contributed by atoms with Crippen LogP contribution in [0.15, 0.2) is 92.8 Å². The van der Waals surface area contributed by atoms with Crippen molar-refractivity contribution < 1.29 is 30.7 Å². The summed E-state index contributed by atoms with van der Waals surface area (Å²) >= 11 is 0. The van der Waals surface area contributed by atoms with Gasteiger partial charge >= 0.3 is 7.26 Å². The zero-order chi connectivity index (χ0) is 33.9. The maximum absolute atomic E-state index is 17.3. The van der Waals surface area contributed by atoms with Gasteiger partial charge in [0, 0.05) is 32.7 Å². The summed E-state index contributed by atoms with van der Waals surface area (Å²) in [6.45, 7) is 0. The van der Waals surface area contributed by atoms with Crippen LogP contribution in [-0.4, -0.2) is 27.9 Å². The maximum Gasteiger partial charge on any atom is 0.601 e. The standard InChI is InChI=1S/C36H12BF7N6/c38-25-7-13-1-19-20(2-14(13)8-26(25)39)32-45-31(19)46-33-21-3-15-9-27(40)29(42)11-17(15)5-23(21)35-48-36-24-6-18-12-30(43)28(41)10-16(18)4-22(24)34(47-32)50(36)37(44)49(33)35/h1-12H. The lowest BCUT2D eigenvalue weighted by Crippen LogP contribution is -2.45. The zero-order valence-electron chi connectivity index (χ0n) is 24.8. The van der Waals surface area contributed by atoms with Gasteiger partial charge in [0.1, 0.15) is 22.6 Å². The van der Waals surface area contributed by atoms with Crippen LogP contribution in [0.1, 0.15) is 11.1 Å². The minimum absolute atomic E-state index is 0.0553. The molecule has 8 aromatic rings. The van der Waals surface area contributed by atoms with Crippen molar-refractivity contribution in [2.45, 2.75) is 0 Å². The number of hydrogen-bond donors (Lipinski definition) is 0. The fourth-order valence-corrected chi connectivity index (χ4v) is 7.38. The van der Waals surface area contributed by atoms with Crippen molar-refractivity contribution in [3.8, 4) is 0 Å². The highest BCUT2D eigenvalue weighted by Crippen LogP contribution is 2.43. The first-order valence-electron chi connectivity index (χ1n) is 15.2. The van der Waals surface area contributed by atoms with Crippen molar-refractivity contribution in [1.29, 1.82) is 0 Å². The summed E-state index contributed by atoms with van der Waals surface area (Å²) < 4.78 is 106. The lowest BCUT2D eigenvalue weighted by molar-refractivity contribution is 0.511.